The van der Waals surface area contributed by atoms with Gasteiger partial charge in [0.15, 0.2) is 0 Å². The summed E-state index contributed by atoms with van der Waals surface area (Å²) in [4.78, 5) is 10.7. The van der Waals surface area contributed by atoms with Gasteiger partial charge in [-0.25, -0.2) is 0 Å². The quantitative estimate of drug-likeness (QED) is 0.470. The van der Waals surface area contributed by atoms with Crippen molar-refractivity contribution in [3.8, 4) is 11.5 Å². The molecular weight excluding hydrogens is 312 g/mol. The molecule has 2 rings (SSSR count). The first-order chi connectivity index (χ1) is 11.2. The van der Waals surface area contributed by atoms with Crippen molar-refractivity contribution in [2.45, 2.75) is 25.7 Å². The van der Waals surface area contributed by atoms with Gasteiger partial charge in [-0.3, -0.25) is 4.79 Å². The summed E-state index contributed by atoms with van der Waals surface area (Å²) in [7, 11) is 0. The molecule has 0 spiro atoms. The van der Waals surface area contributed by atoms with Gasteiger partial charge < -0.3 is 9.47 Å². The van der Waals surface area contributed by atoms with Crippen molar-refractivity contribution in [2.24, 2.45) is 0 Å². The van der Waals surface area contributed by atoms with Gasteiger partial charge in [-0.2, -0.15) is 0 Å². The fourth-order valence-electron chi connectivity index (χ4n) is 2.10. The normalized spacial score (nSPS) is 10.3. The van der Waals surface area contributed by atoms with E-state index in [0.717, 1.165) is 29.9 Å². The molecule has 0 N–H and O–H groups in total. The summed E-state index contributed by atoms with van der Waals surface area (Å²) in [5.41, 5.74) is 1.09. The van der Waals surface area contributed by atoms with E-state index in [0.29, 0.717) is 26.1 Å². The molecule has 2 aromatic rings. The second-order valence-corrected chi connectivity index (χ2v) is 5.64. The van der Waals surface area contributed by atoms with Gasteiger partial charge >= 0.3 is 0 Å². The lowest BCUT2D eigenvalue weighted by molar-refractivity contribution is -0.111. The van der Waals surface area contributed by atoms with Crippen molar-refractivity contribution < 1.29 is 14.3 Å². The first-order valence-corrected chi connectivity index (χ1v) is 8.20. The summed E-state index contributed by atoms with van der Waals surface area (Å²) in [6.07, 6.45) is 2.92. The molecular formula is C19H21ClO3. The standard InChI is InChI=1S/C19H21ClO3/c20-19(21)13-10-16-8-11-18(12-9-16)23-15-5-4-14-22-17-6-2-1-3-7-17/h1-3,6-9,11-12H,4-5,10,13-15H2. The number of rotatable bonds is 10. The van der Waals surface area contributed by atoms with Gasteiger partial charge in [-0.15, -0.1) is 0 Å². The van der Waals surface area contributed by atoms with Gasteiger partial charge in [0.2, 0.25) is 5.24 Å². The van der Waals surface area contributed by atoms with Gasteiger partial charge in [0.1, 0.15) is 11.5 Å². The Labute approximate surface area is 142 Å². The number of unbranched alkanes of at least 4 members (excludes halogenated alkanes) is 1. The maximum atomic E-state index is 10.7. The Hall–Kier alpha value is -2.00. The Bertz CT molecular complexity index is 581. The van der Waals surface area contributed by atoms with E-state index in [1.807, 2.05) is 54.6 Å². The average molecular weight is 333 g/mol. The van der Waals surface area contributed by atoms with Gasteiger partial charge in [-0.1, -0.05) is 30.3 Å². The molecule has 0 atom stereocenters. The molecule has 0 radical (unpaired) electrons. The molecule has 0 saturated heterocycles. The van der Waals surface area contributed by atoms with Crippen LogP contribution < -0.4 is 9.47 Å². The molecule has 122 valence electrons. The van der Waals surface area contributed by atoms with Crippen LogP contribution in [-0.4, -0.2) is 18.5 Å². The van der Waals surface area contributed by atoms with E-state index in [4.69, 9.17) is 21.1 Å². The Morgan fingerprint density at radius 2 is 1.39 bits per heavy atom. The lowest BCUT2D eigenvalue weighted by Gasteiger charge is -2.08. The van der Waals surface area contributed by atoms with Crippen molar-refractivity contribution in [3.63, 3.8) is 0 Å². The lowest BCUT2D eigenvalue weighted by atomic mass is 10.1. The van der Waals surface area contributed by atoms with Crippen molar-refractivity contribution in [1.29, 1.82) is 0 Å². The summed E-state index contributed by atoms with van der Waals surface area (Å²) in [6.45, 7) is 1.36. The predicted octanol–water partition coefficient (Wildman–Crippen LogP) is 4.62. The zero-order valence-corrected chi connectivity index (χ0v) is 13.8. The van der Waals surface area contributed by atoms with Crippen LogP contribution in [-0.2, 0) is 11.2 Å². The van der Waals surface area contributed by atoms with Crippen molar-refractivity contribution in [2.75, 3.05) is 13.2 Å². The highest BCUT2D eigenvalue weighted by Crippen LogP contribution is 2.14. The molecule has 0 aromatic heterocycles. The summed E-state index contributed by atoms with van der Waals surface area (Å²) in [5, 5.41) is -0.303. The second kappa shape index (κ2) is 9.90. The third-order valence-corrected chi connectivity index (χ3v) is 3.54. The predicted molar refractivity (Wildman–Crippen MR) is 92.3 cm³/mol. The molecule has 4 heteroatoms. The van der Waals surface area contributed by atoms with Crippen LogP contribution >= 0.6 is 11.6 Å². The number of ether oxygens (including phenoxy) is 2. The van der Waals surface area contributed by atoms with E-state index in [-0.39, 0.29) is 5.24 Å². The summed E-state index contributed by atoms with van der Waals surface area (Å²) < 4.78 is 11.3. The number of benzene rings is 2. The fourth-order valence-corrected chi connectivity index (χ4v) is 2.19. The third kappa shape index (κ3) is 7.20. The molecule has 0 amide bonds. The van der Waals surface area contributed by atoms with Gasteiger partial charge in [-0.05, 0) is 60.7 Å². The lowest BCUT2D eigenvalue weighted by Crippen LogP contribution is -2.02. The minimum absolute atomic E-state index is 0.303. The molecule has 2 aromatic carbocycles. The number of para-hydroxylation sites is 1. The van der Waals surface area contributed by atoms with E-state index < -0.39 is 0 Å². The van der Waals surface area contributed by atoms with Crippen LogP contribution in [0.15, 0.2) is 54.6 Å². The van der Waals surface area contributed by atoms with Gasteiger partial charge in [0.25, 0.3) is 0 Å². The molecule has 0 unspecified atom stereocenters. The molecule has 0 aliphatic heterocycles. The van der Waals surface area contributed by atoms with E-state index in [1.165, 1.54) is 0 Å². The molecule has 0 aliphatic rings. The van der Waals surface area contributed by atoms with Crippen molar-refractivity contribution >= 4 is 16.8 Å². The maximum Gasteiger partial charge on any atom is 0.221 e. The highest BCUT2D eigenvalue weighted by molar-refractivity contribution is 6.63. The number of aryl methyl sites for hydroxylation is 1. The average Bonchev–Trinajstić information content (AvgIpc) is 2.58. The van der Waals surface area contributed by atoms with Crippen LogP contribution in [0, 0.1) is 0 Å². The van der Waals surface area contributed by atoms with E-state index in [1.54, 1.807) is 0 Å². The number of carbonyl (C=O) groups is 1. The van der Waals surface area contributed by atoms with Gasteiger partial charge in [0, 0.05) is 6.42 Å². The third-order valence-electron chi connectivity index (χ3n) is 3.35. The monoisotopic (exact) mass is 332 g/mol. The topological polar surface area (TPSA) is 35.5 Å². The van der Waals surface area contributed by atoms with Crippen molar-refractivity contribution in [3.05, 3.63) is 60.2 Å². The molecule has 0 saturated carbocycles. The maximum absolute atomic E-state index is 10.7. The SMILES string of the molecule is O=C(Cl)CCc1ccc(OCCCCOc2ccccc2)cc1. The van der Waals surface area contributed by atoms with Crippen LogP contribution in [0.5, 0.6) is 11.5 Å². The first-order valence-electron chi connectivity index (χ1n) is 7.82. The second-order valence-electron chi connectivity index (χ2n) is 5.22. The van der Waals surface area contributed by atoms with Crippen LogP contribution in [0.25, 0.3) is 0 Å². The highest BCUT2D eigenvalue weighted by Gasteiger charge is 2.00. The van der Waals surface area contributed by atoms with Crippen molar-refractivity contribution in [1.82, 2.24) is 0 Å². The molecule has 0 aliphatic carbocycles. The fraction of sp³-hybridized carbons (Fsp3) is 0.316. The highest BCUT2D eigenvalue weighted by atomic mass is 35.5. The van der Waals surface area contributed by atoms with E-state index >= 15 is 0 Å². The van der Waals surface area contributed by atoms with Gasteiger partial charge in [0.05, 0.1) is 13.2 Å². The van der Waals surface area contributed by atoms with Crippen LogP contribution in [0.2, 0.25) is 0 Å². The molecule has 0 bridgehead atoms. The Balaban J connectivity index is 1.58. The molecule has 0 fully saturated rings. The summed E-state index contributed by atoms with van der Waals surface area (Å²) >= 11 is 5.33. The number of carbonyl (C=O) groups excluding carboxylic acids is 1. The Morgan fingerprint density at radius 3 is 1.96 bits per heavy atom. The summed E-state index contributed by atoms with van der Waals surface area (Å²) in [6, 6.07) is 17.6. The van der Waals surface area contributed by atoms with Crippen LogP contribution in [0.4, 0.5) is 0 Å². The molecule has 0 heterocycles. The zero-order chi connectivity index (χ0) is 16.3. The minimum Gasteiger partial charge on any atom is -0.494 e. The first kappa shape index (κ1) is 17.4. The van der Waals surface area contributed by atoms with E-state index in [9.17, 15) is 4.79 Å². The Kier molecular flexibility index (Phi) is 7.47. The largest absolute Gasteiger partial charge is 0.494 e. The number of hydrogen-bond donors (Lipinski definition) is 0. The smallest absolute Gasteiger partial charge is 0.221 e. The number of halogens is 1. The summed E-state index contributed by atoms with van der Waals surface area (Å²) in [5.74, 6) is 1.74. The zero-order valence-electron chi connectivity index (χ0n) is 13.0. The van der Waals surface area contributed by atoms with Crippen LogP contribution in [0.3, 0.4) is 0 Å². The van der Waals surface area contributed by atoms with Crippen LogP contribution in [0.1, 0.15) is 24.8 Å². The molecule has 23 heavy (non-hydrogen) atoms. The molecule has 3 nitrogen and oxygen atoms in total. The Morgan fingerprint density at radius 1 is 0.826 bits per heavy atom. The minimum atomic E-state index is -0.303. The van der Waals surface area contributed by atoms with E-state index in [2.05, 4.69) is 0 Å². The number of hydrogen-bond acceptors (Lipinski definition) is 3.